The zero-order valence-electron chi connectivity index (χ0n) is 13.1. The van der Waals surface area contributed by atoms with E-state index in [1.165, 1.54) is 0 Å². The van der Waals surface area contributed by atoms with Crippen LogP contribution in [0.5, 0.6) is 5.75 Å². The van der Waals surface area contributed by atoms with Gasteiger partial charge in [0, 0.05) is 12.6 Å². The molecule has 21 heavy (non-hydrogen) atoms. The Hall–Kier alpha value is -1.26. The van der Waals surface area contributed by atoms with Gasteiger partial charge in [0.2, 0.25) is 0 Å². The van der Waals surface area contributed by atoms with E-state index in [1.807, 2.05) is 19.1 Å². The highest BCUT2D eigenvalue weighted by molar-refractivity contribution is 6.32. The summed E-state index contributed by atoms with van der Waals surface area (Å²) in [5.41, 5.74) is 1.07. The fraction of sp³-hybridized carbons (Fsp3) is 0.562. The maximum absolute atomic E-state index is 11.7. The number of benzene rings is 1. The lowest BCUT2D eigenvalue weighted by Crippen LogP contribution is -2.28. The van der Waals surface area contributed by atoms with E-state index in [9.17, 15) is 4.79 Å². The van der Waals surface area contributed by atoms with Crippen LogP contribution < -0.4 is 10.1 Å². The molecule has 0 bridgehead atoms. The Morgan fingerprint density at radius 2 is 2.05 bits per heavy atom. The number of carbonyl (C=O) groups excluding carboxylic acids is 1. The molecule has 0 radical (unpaired) electrons. The van der Waals surface area contributed by atoms with E-state index >= 15 is 0 Å². The summed E-state index contributed by atoms with van der Waals surface area (Å²) >= 11 is 6.22. The summed E-state index contributed by atoms with van der Waals surface area (Å²) < 4.78 is 10.6. The first kappa shape index (κ1) is 17.8. The smallest absolute Gasteiger partial charge is 0.347 e. The molecular weight excluding hydrogens is 290 g/mol. The lowest BCUT2D eigenvalue weighted by molar-refractivity contribution is -0.151. The van der Waals surface area contributed by atoms with Crippen molar-refractivity contribution in [3.63, 3.8) is 0 Å². The van der Waals surface area contributed by atoms with Crippen molar-refractivity contribution in [3.05, 3.63) is 28.8 Å². The monoisotopic (exact) mass is 313 g/mol. The van der Waals surface area contributed by atoms with Gasteiger partial charge in [0.25, 0.3) is 0 Å². The van der Waals surface area contributed by atoms with Gasteiger partial charge in [0.1, 0.15) is 5.75 Å². The summed E-state index contributed by atoms with van der Waals surface area (Å²) in [6, 6.07) is 5.99. The SMILES string of the molecule is CCOC(=O)C(CC)Oc1ccc(CNC(C)C)cc1Cl. The third-order valence-electron chi connectivity index (χ3n) is 2.90. The molecule has 118 valence electrons. The molecule has 0 saturated carbocycles. The van der Waals surface area contributed by atoms with Gasteiger partial charge < -0.3 is 14.8 Å². The fourth-order valence-corrected chi connectivity index (χ4v) is 2.01. The summed E-state index contributed by atoms with van der Waals surface area (Å²) in [7, 11) is 0. The molecule has 1 aromatic rings. The summed E-state index contributed by atoms with van der Waals surface area (Å²) in [5.74, 6) is 0.145. The maximum atomic E-state index is 11.7. The number of carbonyl (C=O) groups is 1. The van der Waals surface area contributed by atoms with Crippen LogP contribution in [0.2, 0.25) is 5.02 Å². The van der Waals surface area contributed by atoms with Crippen molar-refractivity contribution in [2.24, 2.45) is 0 Å². The van der Waals surface area contributed by atoms with Gasteiger partial charge in [-0.3, -0.25) is 0 Å². The summed E-state index contributed by atoms with van der Waals surface area (Å²) in [5, 5.41) is 3.82. The topological polar surface area (TPSA) is 47.6 Å². The lowest BCUT2D eigenvalue weighted by Gasteiger charge is -2.17. The standard InChI is InChI=1S/C16H24ClNO3/c1-5-14(16(19)20-6-2)21-15-8-7-12(9-13(15)17)10-18-11(3)4/h7-9,11,14,18H,5-6,10H2,1-4H3. The van der Waals surface area contributed by atoms with Gasteiger partial charge in [-0.15, -0.1) is 0 Å². The highest BCUT2D eigenvalue weighted by Gasteiger charge is 2.20. The van der Waals surface area contributed by atoms with E-state index in [2.05, 4.69) is 19.2 Å². The predicted octanol–water partition coefficient (Wildman–Crippen LogP) is 3.56. The molecule has 1 N–H and O–H groups in total. The molecule has 0 fully saturated rings. The number of ether oxygens (including phenoxy) is 2. The molecule has 0 aliphatic heterocycles. The van der Waals surface area contributed by atoms with Gasteiger partial charge in [-0.2, -0.15) is 0 Å². The van der Waals surface area contributed by atoms with Crippen molar-refractivity contribution in [2.75, 3.05) is 6.61 Å². The lowest BCUT2D eigenvalue weighted by atomic mass is 10.2. The molecule has 1 unspecified atom stereocenters. The van der Waals surface area contributed by atoms with Gasteiger partial charge >= 0.3 is 5.97 Å². The molecule has 1 aromatic carbocycles. The minimum absolute atomic E-state index is 0.340. The van der Waals surface area contributed by atoms with Gasteiger partial charge in [-0.1, -0.05) is 38.4 Å². The third kappa shape index (κ3) is 5.94. The van der Waals surface area contributed by atoms with Crippen molar-refractivity contribution in [2.45, 2.75) is 52.8 Å². The summed E-state index contributed by atoms with van der Waals surface area (Å²) in [4.78, 5) is 11.7. The van der Waals surface area contributed by atoms with E-state index in [1.54, 1.807) is 13.0 Å². The molecule has 4 nitrogen and oxygen atoms in total. The molecule has 0 spiro atoms. The van der Waals surface area contributed by atoms with E-state index in [0.717, 1.165) is 12.1 Å². The molecule has 0 aliphatic carbocycles. The zero-order valence-corrected chi connectivity index (χ0v) is 13.9. The van der Waals surface area contributed by atoms with Crippen molar-refractivity contribution >= 4 is 17.6 Å². The largest absolute Gasteiger partial charge is 0.477 e. The second kappa shape index (κ2) is 8.90. The van der Waals surface area contributed by atoms with Crippen molar-refractivity contribution in [1.82, 2.24) is 5.32 Å². The summed E-state index contributed by atoms with van der Waals surface area (Å²) in [6.07, 6.45) is -0.0895. The van der Waals surface area contributed by atoms with Gasteiger partial charge in [0.15, 0.2) is 6.10 Å². The Bertz CT molecular complexity index is 463. The Balaban J connectivity index is 2.72. The average molecular weight is 314 g/mol. The molecule has 5 heteroatoms. The molecule has 0 saturated heterocycles. The Labute approximate surface area is 131 Å². The van der Waals surface area contributed by atoms with Crippen LogP contribution >= 0.6 is 11.6 Å². The number of halogens is 1. The van der Waals surface area contributed by atoms with Gasteiger partial charge in [-0.05, 0) is 31.0 Å². The molecule has 0 aliphatic rings. The van der Waals surface area contributed by atoms with Crippen molar-refractivity contribution in [1.29, 1.82) is 0 Å². The number of rotatable bonds is 8. The number of esters is 1. The fourth-order valence-electron chi connectivity index (χ4n) is 1.76. The van der Waals surface area contributed by atoms with E-state index < -0.39 is 6.10 Å². The first-order chi connectivity index (χ1) is 9.97. The van der Waals surface area contributed by atoms with Crippen molar-refractivity contribution in [3.8, 4) is 5.75 Å². The highest BCUT2D eigenvalue weighted by atomic mass is 35.5. The van der Waals surface area contributed by atoms with E-state index in [4.69, 9.17) is 21.1 Å². The number of hydrogen-bond donors (Lipinski definition) is 1. The van der Waals surface area contributed by atoms with Gasteiger partial charge in [0.05, 0.1) is 11.6 Å². The van der Waals surface area contributed by atoms with Gasteiger partial charge in [-0.25, -0.2) is 4.79 Å². The van der Waals surface area contributed by atoms with Crippen LogP contribution in [0.1, 0.15) is 39.7 Å². The molecule has 0 heterocycles. The minimum Gasteiger partial charge on any atom is -0.477 e. The van der Waals surface area contributed by atoms with Crippen LogP contribution in [0.3, 0.4) is 0 Å². The Morgan fingerprint density at radius 1 is 1.33 bits per heavy atom. The zero-order chi connectivity index (χ0) is 15.8. The Morgan fingerprint density at radius 3 is 2.57 bits per heavy atom. The number of hydrogen-bond acceptors (Lipinski definition) is 4. The molecule has 0 aromatic heterocycles. The second-order valence-electron chi connectivity index (χ2n) is 5.07. The highest BCUT2D eigenvalue weighted by Crippen LogP contribution is 2.27. The van der Waals surface area contributed by atoms with Crippen LogP contribution in [0, 0.1) is 0 Å². The molecule has 1 rings (SSSR count). The minimum atomic E-state index is -0.623. The van der Waals surface area contributed by atoms with E-state index in [0.29, 0.717) is 29.8 Å². The molecule has 1 atom stereocenters. The van der Waals surface area contributed by atoms with Crippen LogP contribution in [-0.2, 0) is 16.1 Å². The maximum Gasteiger partial charge on any atom is 0.347 e. The van der Waals surface area contributed by atoms with Crippen LogP contribution in [0.4, 0.5) is 0 Å². The van der Waals surface area contributed by atoms with Crippen LogP contribution in [-0.4, -0.2) is 24.7 Å². The molecule has 0 amide bonds. The predicted molar refractivity (Wildman–Crippen MR) is 84.8 cm³/mol. The van der Waals surface area contributed by atoms with Crippen molar-refractivity contribution < 1.29 is 14.3 Å². The first-order valence-electron chi connectivity index (χ1n) is 7.33. The second-order valence-corrected chi connectivity index (χ2v) is 5.47. The average Bonchev–Trinajstić information content (AvgIpc) is 2.44. The quantitative estimate of drug-likeness (QED) is 0.745. The van der Waals surface area contributed by atoms with E-state index in [-0.39, 0.29) is 5.97 Å². The number of nitrogens with one attached hydrogen (secondary N) is 1. The third-order valence-corrected chi connectivity index (χ3v) is 3.20. The van der Waals surface area contributed by atoms with Crippen LogP contribution in [0.25, 0.3) is 0 Å². The first-order valence-corrected chi connectivity index (χ1v) is 7.70. The molecular formula is C16H24ClNO3. The van der Waals surface area contributed by atoms with Crippen LogP contribution in [0.15, 0.2) is 18.2 Å². The Kier molecular flexibility index (Phi) is 7.54. The normalized spacial score (nSPS) is 12.3. The summed E-state index contributed by atoms with van der Waals surface area (Å²) in [6.45, 7) is 8.90.